The lowest BCUT2D eigenvalue weighted by atomic mass is 10.0. The second-order valence-corrected chi connectivity index (χ2v) is 3.81. The van der Waals surface area contributed by atoms with Crippen molar-refractivity contribution in [3.8, 4) is 0 Å². The maximum absolute atomic E-state index is 10.1. The molecule has 0 aliphatic heterocycles. The van der Waals surface area contributed by atoms with Crippen molar-refractivity contribution >= 4 is 10.9 Å². The van der Waals surface area contributed by atoms with Crippen LogP contribution in [-0.4, -0.2) is 23.2 Å². The summed E-state index contributed by atoms with van der Waals surface area (Å²) in [5, 5.41) is 14.2. The van der Waals surface area contributed by atoms with Gasteiger partial charge in [0.1, 0.15) is 0 Å². The number of nitrogens with one attached hydrogen (secondary N) is 2. The van der Waals surface area contributed by atoms with E-state index in [0.717, 1.165) is 16.5 Å². The van der Waals surface area contributed by atoms with Crippen LogP contribution in [0.15, 0.2) is 30.5 Å². The molecule has 3 nitrogen and oxygen atoms in total. The van der Waals surface area contributed by atoms with Crippen molar-refractivity contribution in [2.45, 2.75) is 19.1 Å². The fourth-order valence-corrected chi connectivity index (χ4v) is 1.77. The lowest BCUT2D eigenvalue weighted by molar-refractivity contribution is 0.141. The Kier molecular flexibility index (Phi) is 2.75. The summed E-state index contributed by atoms with van der Waals surface area (Å²) in [6.45, 7) is 1.96. The van der Waals surface area contributed by atoms with Crippen molar-refractivity contribution in [1.29, 1.82) is 0 Å². The molecule has 0 saturated carbocycles. The Hall–Kier alpha value is -1.32. The smallest absolute Gasteiger partial charge is 0.0960 e. The summed E-state index contributed by atoms with van der Waals surface area (Å²) in [4.78, 5) is 3.16. The Morgan fingerprint density at radius 2 is 2.07 bits per heavy atom. The second-order valence-electron chi connectivity index (χ2n) is 3.81. The van der Waals surface area contributed by atoms with Crippen LogP contribution >= 0.6 is 0 Å². The fraction of sp³-hybridized carbons (Fsp3) is 0.333. The van der Waals surface area contributed by atoms with E-state index >= 15 is 0 Å². The van der Waals surface area contributed by atoms with Crippen molar-refractivity contribution in [3.05, 3.63) is 36.0 Å². The second kappa shape index (κ2) is 4.04. The van der Waals surface area contributed by atoms with Gasteiger partial charge in [-0.1, -0.05) is 18.2 Å². The molecule has 3 N–H and O–H groups in total. The summed E-state index contributed by atoms with van der Waals surface area (Å²) in [7, 11) is 1.85. The number of hydrogen-bond acceptors (Lipinski definition) is 2. The van der Waals surface area contributed by atoms with Gasteiger partial charge >= 0.3 is 0 Å². The minimum atomic E-state index is -0.480. The highest BCUT2D eigenvalue weighted by Gasteiger charge is 2.17. The average Bonchev–Trinajstić information content (AvgIpc) is 2.70. The minimum absolute atomic E-state index is 0.0456. The molecule has 3 heteroatoms. The summed E-state index contributed by atoms with van der Waals surface area (Å²) in [5.41, 5.74) is 2.02. The third kappa shape index (κ3) is 1.76. The zero-order valence-electron chi connectivity index (χ0n) is 8.99. The molecule has 0 aliphatic rings. The molecule has 0 fully saturated rings. The summed E-state index contributed by atoms with van der Waals surface area (Å²) >= 11 is 0. The monoisotopic (exact) mass is 204 g/mol. The first-order chi connectivity index (χ1) is 7.24. The van der Waals surface area contributed by atoms with E-state index < -0.39 is 6.10 Å². The third-order valence-corrected chi connectivity index (χ3v) is 2.87. The van der Waals surface area contributed by atoms with Crippen LogP contribution in [0, 0.1) is 0 Å². The Morgan fingerprint density at radius 1 is 1.33 bits per heavy atom. The quantitative estimate of drug-likeness (QED) is 0.714. The predicted molar refractivity (Wildman–Crippen MR) is 61.8 cm³/mol. The molecule has 1 aromatic carbocycles. The molecule has 0 amide bonds. The van der Waals surface area contributed by atoms with E-state index in [9.17, 15) is 5.11 Å². The van der Waals surface area contributed by atoms with E-state index in [-0.39, 0.29) is 6.04 Å². The van der Waals surface area contributed by atoms with Crippen LogP contribution in [0.5, 0.6) is 0 Å². The standard InChI is InChI=1S/C12H16N2O/c1-8(13-2)12(15)10-7-14-11-6-4-3-5-9(10)11/h3-8,12-15H,1-2H3/t8-,12?/m1/s1. The normalized spacial score (nSPS) is 15.4. The molecule has 1 unspecified atom stereocenters. The number of aromatic nitrogens is 1. The first kappa shape index (κ1) is 10.2. The number of likely N-dealkylation sites (N-methyl/N-ethyl adjacent to an activating group) is 1. The summed E-state index contributed by atoms with van der Waals surface area (Å²) in [5.74, 6) is 0. The molecule has 0 bridgehead atoms. The Morgan fingerprint density at radius 3 is 2.80 bits per heavy atom. The van der Waals surface area contributed by atoms with E-state index in [1.54, 1.807) is 0 Å². The van der Waals surface area contributed by atoms with Crippen LogP contribution < -0.4 is 5.32 Å². The topological polar surface area (TPSA) is 48.0 Å². The SMILES string of the molecule is CN[C@H](C)C(O)c1c[nH]c2ccccc12. The molecule has 1 aromatic heterocycles. The van der Waals surface area contributed by atoms with Crippen LogP contribution in [0.2, 0.25) is 0 Å². The van der Waals surface area contributed by atoms with Crippen molar-refractivity contribution in [2.75, 3.05) is 7.05 Å². The molecule has 2 atom stereocenters. The van der Waals surface area contributed by atoms with Gasteiger partial charge in [0.2, 0.25) is 0 Å². The first-order valence-electron chi connectivity index (χ1n) is 5.15. The summed E-state index contributed by atoms with van der Waals surface area (Å²) < 4.78 is 0. The lowest BCUT2D eigenvalue weighted by Crippen LogP contribution is -2.28. The molecule has 0 radical (unpaired) electrons. The molecular formula is C12H16N2O. The van der Waals surface area contributed by atoms with Crippen LogP contribution in [0.1, 0.15) is 18.6 Å². The zero-order chi connectivity index (χ0) is 10.8. The molecule has 80 valence electrons. The first-order valence-corrected chi connectivity index (χ1v) is 5.15. The van der Waals surface area contributed by atoms with E-state index in [1.165, 1.54) is 0 Å². The molecule has 0 spiro atoms. The molecule has 2 rings (SSSR count). The number of aliphatic hydroxyl groups is 1. The number of fused-ring (bicyclic) bond motifs is 1. The molecule has 0 saturated heterocycles. The Balaban J connectivity index is 2.43. The number of para-hydroxylation sites is 1. The van der Waals surface area contributed by atoms with E-state index in [1.807, 2.05) is 44.4 Å². The van der Waals surface area contributed by atoms with Crippen molar-refractivity contribution in [3.63, 3.8) is 0 Å². The Bertz CT molecular complexity index is 450. The number of aromatic amines is 1. The van der Waals surface area contributed by atoms with E-state index in [2.05, 4.69) is 10.3 Å². The average molecular weight is 204 g/mol. The van der Waals surface area contributed by atoms with Crippen LogP contribution in [0.3, 0.4) is 0 Å². The maximum atomic E-state index is 10.1. The van der Waals surface area contributed by atoms with Crippen molar-refractivity contribution < 1.29 is 5.11 Å². The minimum Gasteiger partial charge on any atom is -0.387 e. The van der Waals surface area contributed by atoms with Crippen molar-refractivity contribution in [2.24, 2.45) is 0 Å². The summed E-state index contributed by atoms with van der Waals surface area (Å²) in [6.07, 6.45) is 1.40. The van der Waals surface area contributed by atoms with Gasteiger partial charge in [0.05, 0.1) is 6.10 Å². The highest BCUT2D eigenvalue weighted by Crippen LogP contribution is 2.25. The number of aliphatic hydroxyl groups excluding tert-OH is 1. The van der Waals surface area contributed by atoms with Crippen LogP contribution in [-0.2, 0) is 0 Å². The van der Waals surface area contributed by atoms with Gasteiger partial charge in [-0.25, -0.2) is 0 Å². The highest BCUT2D eigenvalue weighted by molar-refractivity contribution is 5.83. The van der Waals surface area contributed by atoms with Gasteiger partial charge in [0, 0.05) is 28.7 Å². The number of rotatable bonds is 3. The predicted octanol–water partition coefficient (Wildman–Crippen LogP) is 1.81. The lowest BCUT2D eigenvalue weighted by Gasteiger charge is -2.17. The molecule has 15 heavy (non-hydrogen) atoms. The highest BCUT2D eigenvalue weighted by atomic mass is 16.3. The number of hydrogen-bond donors (Lipinski definition) is 3. The van der Waals surface area contributed by atoms with Gasteiger partial charge in [-0.3, -0.25) is 0 Å². The third-order valence-electron chi connectivity index (χ3n) is 2.87. The number of benzene rings is 1. The molecule has 1 heterocycles. The van der Waals surface area contributed by atoms with Gasteiger partial charge in [-0.15, -0.1) is 0 Å². The molecule has 0 aliphatic carbocycles. The van der Waals surface area contributed by atoms with Gasteiger partial charge < -0.3 is 15.4 Å². The van der Waals surface area contributed by atoms with E-state index in [4.69, 9.17) is 0 Å². The number of H-pyrrole nitrogens is 1. The largest absolute Gasteiger partial charge is 0.387 e. The zero-order valence-corrected chi connectivity index (χ0v) is 8.99. The fourth-order valence-electron chi connectivity index (χ4n) is 1.77. The Labute approximate surface area is 89.1 Å². The molecule has 2 aromatic rings. The van der Waals surface area contributed by atoms with Gasteiger partial charge in [0.15, 0.2) is 0 Å². The van der Waals surface area contributed by atoms with Crippen LogP contribution in [0.4, 0.5) is 0 Å². The van der Waals surface area contributed by atoms with E-state index in [0.29, 0.717) is 0 Å². The van der Waals surface area contributed by atoms with Gasteiger partial charge in [-0.2, -0.15) is 0 Å². The van der Waals surface area contributed by atoms with Crippen LogP contribution in [0.25, 0.3) is 10.9 Å². The molecular weight excluding hydrogens is 188 g/mol. The summed E-state index contributed by atoms with van der Waals surface area (Å²) in [6, 6.07) is 8.04. The van der Waals surface area contributed by atoms with Gasteiger partial charge in [0.25, 0.3) is 0 Å². The van der Waals surface area contributed by atoms with Gasteiger partial charge in [-0.05, 0) is 20.0 Å². The maximum Gasteiger partial charge on any atom is 0.0960 e. The van der Waals surface area contributed by atoms with Crippen molar-refractivity contribution in [1.82, 2.24) is 10.3 Å².